The fourth-order valence-corrected chi connectivity index (χ4v) is 2.31. The molecule has 4 heteroatoms. The van der Waals surface area contributed by atoms with Crippen molar-refractivity contribution in [3.05, 3.63) is 42.0 Å². The minimum Gasteiger partial charge on any atom is -0.496 e. The van der Waals surface area contributed by atoms with E-state index in [1.165, 1.54) is 6.92 Å². The molecule has 0 aliphatic carbocycles. The van der Waals surface area contributed by atoms with Crippen LogP contribution in [0.15, 0.2) is 36.4 Å². The molecule has 0 radical (unpaired) electrons. The number of rotatable bonds is 5. The van der Waals surface area contributed by atoms with Crippen molar-refractivity contribution >= 4 is 22.5 Å². The molecule has 0 aliphatic heterocycles. The largest absolute Gasteiger partial charge is 0.496 e. The SMILES string of the molecule is COc1ccc(C[C@H](C(C)=O)C(=O)O)c2ccccc12. The van der Waals surface area contributed by atoms with Gasteiger partial charge in [0.15, 0.2) is 0 Å². The van der Waals surface area contributed by atoms with Crippen LogP contribution in [0.25, 0.3) is 10.8 Å². The highest BCUT2D eigenvalue weighted by molar-refractivity contribution is 5.98. The lowest BCUT2D eigenvalue weighted by molar-refractivity contribution is -0.145. The normalized spacial score (nSPS) is 12.1. The van der Waals surface area contributed by atoms with E-state index < -0.39 is 11.9 Å². The average Bonchev–Trinajstić information content (AvgIpc) is 2.43. The summed E-state index contributed by atoms with van der Waals surface area (Å²) in [5, 5.41) is 11.0. The molecule has 0 aromatic heterocycles. The second kappa shape index (κ2) is 5.74. The standard InChI is InChI=1S/C16H16O4/c1-10(17)14(16(18)19)9-11-7-8-15(20-2)13-6-4-3-5-12(11)13/h3-8,14H,9H2,1-2H3,(H,18,19)/t14-/m1/s1. The fourth-order valence-electron chi connectivity index (χ4n) is 2.31. The van der Waals surface area contributed by atoms with Gasteiger partial charge < -0.3 is 9.84 Å². The zero-order valence-corrected chi connectivity index (χ0v) is 11.4. The van der Waals surface area contributed by atoms with E-state index in [0.717, 1.165) is 22.1 Å². The van der Waals surface area contributed by atoms with Crippen molar-refractivity contribution in [2.75, 3.05) is 7.11 Å². The second-order valence-electron chi connectivity index (χ2n) is 4.68. The number of hydrogen-bond acceptors (Lipinski definition) is 3. The number of ketones is 1. The summed E-state index contributed by atoms with van der Waals surface area (Å²) in [6.07, 6.45) is 0.190. The van der Waals surface area contributed by atoms with Crippen LogP contribution >= 0.6 is 0 Å². The Morgan fingerprint density at radius 3 is 2.35 bits per heavy atom. The Labute approximate surface area is 117 Å². The van der Waals surface area contributed by atoms with Crippen molar-refractivity contribution in [1.29, 1.82) is 0 Å². The van der Waals surface area contributed by atoms with Crippen LogP contribution in [0.4, 0.5) is 0 Å². The van der Waals surface area contributed by atoms with Crippen molar-refractivity contribution in [3.63, 3.8) is 0 Å². The Bertz CT molecular complexity index is 647. The number of ether oxygens (including phenoxy) is 1. The number of methoxy groups -OCH3 is 1. The van der Waals surface area contributed by atoms with Gasteiger partial charge in [0.2, 0.25) is 0 Å². The first-order valence-electron chi connectivity index (χ1n) is 6.32. The smallest absolute Gasteiger partial charge is 0.314 e. The van der Waals surface area contributed by atoms with Crippen molar-refractivity contribution < 1.29 is 19.4 Å². The van der Waals surface area contributed by atoms with Gasteiger partial charge in [0.1, 0.15) is 17.5 Å². The molecule has 0 spiro atoms. The topological polar surface area (TPSA) is 63.6 Å². The van der Waals surface area contributed by atoms with E-state index in [1.807, 2.05) is 30.3 Å². The number of Topliss-reactive ketones (excluding diaryl/α,β-unsaturated/α-hetero) is 1. The Morgan fingerprint density at radius 1 is 1.15 bits per heavy atom. The summed E-state index contributed by atoms with van der Waals surface area (Å²) < 4.78 is 5.30. The Balaban J connectivity index is 2.50. The summed E-state index contributed by atoms with van der Waals surface area (Å²) in [5.41, 5.74) is 0.837. The van der Waals surface area contributed by atoms with Crippen LogP contribution in [0, 0.1) is 5.92 Å². The third kappa shape index (κ3) is 2.64. The third-order valence-electron chi connectivity index (χ3n) is 3.41. The second-order valence-corrected chi connectivity index (χ2v) is 4.68. The molecule has 0 fully saturated rings. The highest BCUT2D eigenvalue weighted by Gasteiger charge is 2.23. The molecular weight excluding hydrogens is 256 g/mol. The van der Waals surface area contributed by atoms with Gasteiger partial charge in [-0.2, -0.15) is 0 Å². The Morgan fingerprint density at radius 2 is 1.80 bits per heavy atom. The minimum absolute atomic E-state index is 0.190. The molecule has 0 saturated carbocycles. The van der Waals surface area contributed by atoms with Gasteiger partial charge >= 0.3 is 5.97 Å². The van der Waals surface area contributed by atoms with Gasteiger partial charge in [-0.25, -0.2) is 0 Å². The molecule has 0 saturated heterocycles. The number of aliphatic carboxylic acids is 1. The van der Waals surface area contributed by atoms with Gasteiger partial charge in [0, 0.05) is 5.39 Å². The van der Waals surface area contributed by atoms with Gasteiger partial charge in [-0.15, -0.1) is 0 Å². The number of carboxylic acid groups (broad SMARTS) is 1. The van der Waals surface area contributed by atoms with Crippen molar-refractivity contribution in [2.45, 2.75) is 13.3 Å². The molecule has 0 unspecified atom stereocenters. The Kier molecular flexibility index (Phi) is 4.03. The molecule has 2 rings (SSSR count). The highest BCUT2D eigenvalue weighted by atomic mass is 16.5. The van der Waals surface area contributed by atoms with Crippen molar-refractivity contribution in [2.24, 2.45) is 5.92 Å². The molecule has 0 heterocycles. The predicted molar refractivity (Wildman–Crippen MR) is 76.0 cm³/mol. The van der Waals surface area contributed by atoms with E-state index in [-0.39, 0.29) is 12.2 Å². The lowest BCUT2D eigenvalue weighted by Crippen LogP contribution is -2.23. The predicted octanol–water partition coefficient (Wildman–Crippen LogP) is 2.68. The maximum atomic E-state index is 11.4. The third-order valence-corrected chi connectivity index (χ3v) is 3.41. The quantitative estimate of drug-likeness (QED) is 0.850. The van der Waals surface area contributed by atoms with E-state index in [0.29, 0.717) is 0 Å². The maximum absolute atomic E-state index is 11.4. The molecule has 1 atom stereocenters. The highest BCUT2D eigenvalue weighted by Crippen LogP contribution is 2.29. The monoisotopic (exact) mass is 272 g/mol. The number of carbonyl (C=O) groups excluding carboxylic acids is 1. The van der Waals surface area contributed by atoms with Crippen LogP contribution in [0.3, 0.4) is 0 Å². The molecule has 20 heavy (non-hydrogen) atoms. The van der Waals surface area contributed by atoms with Crippen LogP contribution < -0.4 is 4.74 Å². The first-order chi connectivity index (χ1) is 9.54. The first kappa shape index (κ1) is 14.1. The molecule has 0 amide bonds. The van der Waals surface area contributed by atoms with Gasteiger partial charge in [-0.05, 0) is 30.4 Å². The fraction of sp³-hybridized carbons (Fsp3) is 0.250. The molecule has 0 aliphatic rings. The zero-order chi connectivity index (χ0) is 14.7. The number of carboxylic acids is 1. The van der Waals surface area contributed by atoms with Gasteiger partial charge in [0.05, 0.1) is 7.11 Å². The van der Waals surface area contributed by atoms with E-state index in [2.05, 4.69) is 0 Å². The lowest BCUT2D eigenvalue weighted by Gasteiger charge is -2.13. The first-order valence-corrected chi connectivity index (χ1v) is 6.32. The molecule has 4 nitrogen and oxygen atoms in total. The van der Waals surface area contributed by atoms with Gasteiger partial charge in [-0.1, -0.05) is 30.3 Å². The summed E-state index contributed by atoms with van der Waals surface area (Å²) in [4.78, 5) is 22.6. The Hall–Kier alpha value is -2.36. The summed E-state index contributed by atoms with van der Waals surface area (Å²) in [6, 6.07) is 11.2. The van der Waals surface area contributed by atoms with Gasteiger partial charge in [-0.3, -0.25) is 9.59 Å². The maximum Gasteiger partial charge on any atom is 0.314 e. The number of carbonyl (C=O) groups is 2. The number of hydrogen-bond donors (Lipinski definition) is 1. The summed E-state index contributed by atoms with van der Waals surface area (Å²) >= 11 is 0. The molecule has 0 bridgehead atoms. The van der Waals surface area contributed by atoms with Crippen LogP contribution in [0.1, 0.15) is 12.5 Å². The van der Waals surface area contributed by atoms with Gasteiger partial charge in [0.25, 0.3) is 0 Å². The minimum atomic E-state index is -1.09. The van der Waals surface area contributed by atoms with E-state index >= 15 is 0 Å². The van der Waals surface area contributed by atoms with E-state index in [9.17, 15) is 9.59 Å². The number of benzene rings is 2. The van der Waals surface area contributed by atoms with Crippen LogP contribution in [0.5, 0.6) is 5.75 Å². The summed E-state index contributed by atoms with van der Waals surface area (Å²) in [6.45, 7) is 1.31. The molecular formula is C16H16O4. The van der Waals surface area contributed by atoms with E-state index in [1.54, 1.807) is 13.2 Å². The zero-order valence-electron chi connectivity index (χ0n) is 11.4. The van der Waals surface area contributed by atoms with Crippen molar-refractivity contribution in [3.8, 4) is 5.75 Å². The number of fused-ring (bicyclic) bond motifs is 1. The molecule has 104 valence electrons. The molecule has 2 aromatic rings. The lowest BCUT2D eigenvalue weighted by atomic mass is 9.92. The van der Waals surface area contributed by atoms with Crippen molar-refractivity contribution in [1.82, 2.24) is 0 Å². The van der Waals surface area contributed by atoms with Crippen LogP contribution in [-0.4, -0.2) is 24.0 Å². The van der Waals surface area contributed by atoms with E-state index in [4.69, 9.17) is 9.84 Å². The molecule has 2 aromatic carbocycles. The molecule has 1 N–H and O–H groups in total. The summed E-state index contributed by atoms with van der Waals surface area (Å²) in [7, 11) is 1.59. The van der Waals surface area contributed by atoms with Crippen LogP contribution in [0.2, 0.25) is 0 Å². The average molecular weight is 272 g/mol. The van der Waals surface area contributed by atoms with Crippen LogP contribution in [-0.2, 0) is 16.0 Å². The summed E-state index contributed by atoms with van der Waals surface area (Å²) in [5.74, 6) is -1.69.